The first kappa shape index (κ1) is 19.8. The Kier molecular flexibility index (Phi) is 6.84. The summed E-state index contributed by atoms with van der Waals surface area (Å²) in [5.41, 5.74) is -0.846. The Morgan fingerprint density at radius 1 is 1.14 bits per heavy atom. The molecular formula is C17H34O5. The third kappa shape index (κ3) is 4.65. The van der Waals surface area contributed by atoms with Crippen molar-refractivity contribution in [3.05, 3.63) is 0 Å². The van der Waals surface area contributed by atoms with Gasteiger partial charge in [0.15, 0.2) is 6.29 Å². The molecule has 132 valence electrons. The molecule has 1 saturated heterocycles. The zero-order valence-corrected chi connectivity index (χ0v) is 15.0. The zero-order valence-electron chi connectivity index (χ0n) is 15.0. The summed E-state index contributed by atoms with van der Waals surface area (Å²) < 4.78 is 17.8. The van der Waals surface area contributed by atoms with E-state index in [1.54, 1.807) is 0 Å². The summed E-state index contributed by atoms with van der Waals surface area (Å²) >= 11 is 0. The van der Waals surface area contributed by atoms with Gasteiger partial charge in [-0.2, -0.15) is 0 Å². The second kappa shape index (κ2) is 7.58. The average Bonchev–Trinajstić information content (AvgIpc) is 2.52. The predicted octanol–water partition coefficient (Wildman–Crippen LogP) is 2.20. The number of aliphatic hydroxyl groups excluding tert-OH is 2. The molecule has 0 aromatic carbocycles. The van der Waals surface area contributed by atoms with Crippen molar-refractivity contribution in [3.8, 4) is 0 Å². The number of hydrogen-bond acceptors (Lipinski definition) is 5. The molecule has 0 spiro atoms. The van der Waals surface area contributed by atoms with E-state index in [1.807, 2.05) is 34.6 Å². The van der Waals surface area contributed by atoms with Crippen molar-refractivity contribution in [2.75, 3.05) is 33.0 Å². The van der Waals surface area contributed by atoms with Crippen LogP contribution in [0.2, 0.25) is 0 Å². The molecular weight excluding hydrogens is 284 g/mol. The SMILES string of the molecule is CCC1(COC(C)C(C)(C)CO)COC(C(C)(C)CO)OC1. The molecule has 1 heterocycles. The minimum absolute atomic E-state index is 0.0228. The second-order valence-electron chi connectivity index (χ2n) is 8.05. The summed E-state index contributed by atoms with van der Waals surface area (Å²) in [7, 11) is 0. The number of ether oxygens (including phenoxy) is 3. The summed E-state index contributed by atoms with van der Waals surface area (Å²) in [6.45, 7) is 13.7. The smallest absolute Gasteiger partial charge is 0.164 e. The van der Waals surface area contributed by atoms with Crippen LogP contribution in [0.25, 0.3) is 0 Å². The summed E-state index contributed by atoms with van der Waals surface area (Å²) in [6, 6.07) is 0. The quantitative estimate of drug-likeness (QED) is 0.718. The molecule has 1 aliphatic rings. The summed E-state index contributed by atoms with van der Waals surface area (Å²) in [5, 5.41) is 18.8. The van der Waals surface area contributed by atoms with Gasteiger partial charge in [-0.15, -0.1) is 0 Å². The van der Waals surface area contributed by atoms with Gasteiger partial charge >= 0.3 is 0 Å². The Balaban J connectivity index is 2.58. The van der Waals surface area contributed by atoms with Crippen molar-refractivity contribution in [2.24, 2.45) is 16.2 Å². The van der Waals surface area contributed by atoms with Gasteiger partial charge in [0.1, 0.15) is 0 Å². The number of aliphatic hydroxyl groups is 2. The van der Waals surface area contributed by atoms with E-state index < -0.39 is 5.41 Å². The Hall–Kier alpha value is -0.200. The standard InChI is InChI=1S/C17H34O5/c1-7-17(10-20-13(2)15(3,4)8-18)11-21-14(22-12-17)16(5,6)9-19/h13-14,18-19H,7-12H2,1-6H3. The van der Waals surface area contributed by atoms with Crippen LogP contribution >= 0.6 is 0 Å². The maximum absolute atomic E-state index is 9.42. The lowest BCUT2D eigenvalue weighted by Gasteiger charge is -2.44. The first-order chi connectivity index (χ1) is 10.1. The maximum Gasteiger partial charge on any atom is 0.164 e. The van der Waals surface area contributed by atoms with Crippen molar-refractivity contribution < 1.29 is 24.4 Å². The molecule has 0 aromatic heterocycles. The molecule has 0 radical (unpaired) electrons. The van der Waals surface area contributed by atoms with Gasteiger partial charge in [-0.3, -0.25) is 0 Å². The molecule has 5 heteroatoms. The van der Waals surface area contributed by atoms with Crippen molar-refractivity contribution in [1.29, 1.82) is 0 Å². The van der Waals surface area contributed by atoms with Crippen LogP contribution in [0.5, 0.6) is 0 Å². The Morgan fingerprint density at radius 2 is 1.68 bits per heavy atom. The van der Waals surface area contributed by atoms with E-state index >= 15 is 0 Å². The Morgan fingerprint density at radius 3 is 2.09 bits per heavy atom. The van der Waals surface area contributed by atoms with Crippen molar-refractivity contribution in [1.82, 2.24) is 0 Å². The molecule has 22 heavy (non-hydrogen) atoms. The fraction of sp³-hybridized carbons (Fsp3) is 1.00. The van der Waals surface area contributed by atoms with Crippen LogP contribution in [-0.4, -0.2) is 55.6 Å². The zero-order chi connectivity index (χ0) is 17.0. The van der Waals surface area contributed by atoms with Gasteiger partial charge in [-0.05, 0) is 13.3 Å². The number of hydrogen-bond donors (Lipinski definition) is 2. The van der Waals surface area contributed by atoms with Gasteiger partial charge in [0.2, 0.25) is 0 Å². The molecule has 1 fully saturated rings. The Labute approximate surface area is 135 Å². The highest BCUT2D eigenvalue weighted by molar-refractivity contribution is 4.85. The van der Waals surface area contributed by atoms with E-state index in [-0.39, 0.29) is 36.4 Å². The molecule has 1 aliphatic heterocycles. The second-order valence-corrected chi connectivity index (χ2v) is 8.05. The number of rotatable bonds is 8. The normalized spacial score (nSPS) is 28.6. The first-order valence-electron chi connectivity index (χ1n) is 8.19. The molecule has 0 amide bonds. The van der Waals surface area contributed by atoms with Crippen LogP contribution in [0, 0.1) is 16.2 Å². The lowest BCUT2D eigenvalue weighted by Crippen LogP contribution is -2.50. The van der Waals surface area contributed by atoms with Crippen LogP contribution in [0.15, 0.2) is 0 Å². The molecule has 1 rings (SSSR count). The lowest BCUT2D eigenvalue weighted by molar-refractivity contribution is -0.283. The molecule has 1 atom stereocenters. The minimum Gasteiger partial charge on any atom is -0.396 e. The van der Waals surface area contributed by atoms with E-state index in [0.29, 0.717) is 19.8 Å². The van der Waals surface area contributed by atoms with Crippen molar-refractivity contribution in [3.63, 3.8) is 0 Å². The summed E-state index contributed by atoms with van der Waals surface area (Å²) in [5.74, 6) is 0. The van der Waals surface area contributed by atoms with Crippen molar-refractivity contribution in [2.45, 2.75) is 60.4 Å². The fourth-order valence-electron chi connectivity index (χ4n) is 2.17. The maximum atomic E-state index is 9.42. The van der Waals surface area contributed by atoms with Crippen LogP contribution in [0.1, 0.15) is 48.0 Å². The van der Waals surface area contributed by atoms with Crippen LogP contribution in [0.4, 0.5) is 0 Å². The third-order valence-electron chi connectivity index (χ3n) is 5.02. The largest absolute Gasteiger partial charge is 0.396 e. The van der Waals surface area contributed by atoms with Gasteiger partial charge in [0.25, 0.3) is 0 Å². The third-order valence-corrected chi connectivity index (χ3v) is 5.02. The highest BCUT2D eigenvalue weighted by atomic mass is 16.7. The predicted molar refractivity (Wildman–Crippen MR) is 85.6 cm³/mol. The van der Waals surface area contributed by atoms with Crippen molar-refractivity contribution >= 4 is 0 Å². The molecule has 1 unspecified atom stereocenters. The van der Waals surface area contributed by atoms with Crippen LogP contribution < -0.4 is 0 Å². The fourth-order valence-corrected chi connectivity index (χ4v) is 2.17. The Bertz CT molecular complexity index is 332. The monoisotopic (exact) mass is 318 g/mol. The van der Waals surface area contributed by atoms with E-state index in [1.165, 1.54) is 0 Å². The van der Waals surface area contributed by atoms with E-state index in [9.17, 15) is 10.2 Å². The van der Waals surface area contributed by atoms with E-state index in [4.69, 9.17) is 14.2 Å². The first-order valence-corrected chi connectivity index (χ1v) is 8.19. The van der Waals surface area contributed by atoms with E-state index in [0.717, 1.165) is 6.42 Å². The highest BCUT2D eigenvalue weighted by Crippen LogP contribution is 2.35. The highest BCUT2D eigenvalue weighted by Gasteiger charge is 2.42. The van der Waals surface area contributed by atoms with Gasteiger partial charge < -0.3 is 24.4 Å². The molecule has 5 nitrogen and oxygen atoms in total. The van der Waals surface area contributed by atoms with Gasteiger partial charge in [0.05, 0.1) is 39.1 Å². The summed E-state index contributed by atoms with van der Waals surface area (Å²) in [4.78, 5) is 0. The lowest BCUT2D eigenvalue weighted by atomic mass is 9.84. The molecule has 0 aliphatic carbocycles. The van der Waals surface area contributed by atoms with Gasteiger partial charge in [-0.25, -0.2) is 0 Å². The van der Waals surface area contributed by atoms with Gasteiger partial charge in [0, 0.05) is 16.2 Å². The summed E-state index contributed by atoms with van der Waals surface area (Å²) in [6.07, 6.45) is 0.460. The molecule has 2 N–H and O–H groups in total. The van der Waals surface area contributed by atoms with Crippen LogP contribution in [0.3, 0.4) is 0 Å². The van der Waals surface area contributed by atoms with E-state index in [2.05, 4.69) is 6.92 Å². The molecule has 0 bridgehead atoms. The molecule has 0 aromatic rings. The molecule has 0 saturated carbocycles. The van der Waals surface area contributed by atoms with Crippen LogP contribution in [-0.2, 0) is 14.2 Å². The minimum atomic E-state index is -0.410. The topological polar surface area (TPSA) is 68.2 Å². The van der Waals surface area contributed by atoms with Gasteiger partial charge in [-0.1, -0.05) is 34.6 Å². The average molecular weight is 318 g/mol.